The van der Waals surface area contributed by atoms with E-state index in [1.54, 1.807) is 7.05 Å². The number of carbonyl (C=O) groups excluding carboxylic acids is 2. The molecular formula is C16H26N2O2. The molecule has 2 bridgehead atoms. The number of carbonyl (C=O) groups is 2. The number of piperidine rings is 1. The summed E-state index contributed by atoms with van der Waals surface area (Å²) < 4.78 is 0. The summed E-state index contributed by atoms with van der Waals surface area (Å²) in [4.78, 5) is 25.1. The first-order valence-electron chi connectivity index (χ1n) is 7.84. The van der Waals surface area contributed by atoms with Crippen LogP contribution in [0.2, 0.25) is 0 Å². The van der Waals surface area contributed by atoms with E-state index in [1.165, 1.54) is 24.2 Å². The number of nitrogens with one attached hydrogen (secondary N) is 1. The van der Waals surface area contributed by atoms with Gasteiger partial charge in [0, 0.05) is 19.5 Å². The predicted octanol–water partition coefficient (Wildman–Crippen LogP) is 1.94. The Kier molecular flexibility index (Phi) is 3.02. The van der Waals surface area contributed by atoms with Crippen LogP contribution in [0, 0.1) is 16.7 Å². The van der Waals surface area contributed by atoms with Crippen molar-refractivity contribution in [1.82, 2.24) is 10.2 Å². The van der Waals surface area contributed by atoms with Gasteiger partial charge >= 0.3 is 0 Å². The molecule has 1 aliphatic heterocycles. The molecule has 0 spiro atoms. The number of likely N-dealkylation sites (tertiary alicyclic amines) is 1. The molecule has 0 aromatic heterocycles. The van der Waals surface area contributed by atoms with Crippen molar-refractivity contribution in [2.75, 3.05) is 7.05 Å². The summed E-state index contributed by atoms with van der Waals surface area (Å²) in [7, 11) is 1.60. The number of likely N-dealkylation sites (N-methyl/N-ethyl adjacent to an activating group) is 1. The number of rotatable bonds is 2. The molecule has 3 rings (SSSR count). The van der Waals surface area contributed by atoms with Gasteiger partial charge in [-0.3, -0.25) is 14.5 Å². The summed E-state index contributed by atoms with van der Waals surface area (Å²) in [6.45, 7) is 7.13. The SMILES string of the molecule is CN1C(=O)CCC(NC2CC3CCC2(C)C3(C)C)C1=O. The van der Waals surface area contributed by atoms with Crippen molar-refractivity contribution >= 4 is 11.8 Å². The van der Waals surface area contributed by atoms with Gasteiger partial charge in [0.1, 0.15) is 0 Å². The summed E-state index contributed by atoms with van der Waals surface area (Å²) >= 11 is 0. The van der Waals surface area contributed by atoms with Gasteiger partial charge in [-0.1, -0.05) is 20.8 Å². The van der Waals surface area contributed by atoms with E-state index < -0.39 is 0 Å². The van der Waals surface area contributed by atoms with Crippen molar-refractivity contribution in [2.24, 2.45) is 16.7 Å². The zero-order valence-corrected chi connectivity index (χ0v) is 13.0. The Labute approximate surface area is 121 Å². The van der Waals surface area contributed by atoms with E-state index in [0.717, 1.165) is 5.92 Å². The van der Waals surface area contributed by atoms with Crippen LogP contribution in [0.4, 0.5) is 0 Å². The third kappa shape index (κ3) is 1.70. The number of nitrogens with zero attached hydrogens (tertiary/aromatic N) is 1. The minimum atomic E-state index is -0.172. The van der Waals surface area contributed by atoms with Crippen molar-refractivity contribution in [2.45, 2.75) is 65.0 Å². The average molecular weight is 278 g/mol. The second kappa shape index (κ2) is 4.30. The van der Waals surface area contributed by atoms with Crippen LogP contribution in [0.1, 0.15) is 52.9 Å². The fourth-order valence-corrected chi connectivity index (χ4v) is 4.77. The van der Waals surface area contributed by atoms with E-state index >= 15 is 0 Å². The zero-order chi connectivity index (χ0) is 14.7. The smallest absolute Gasteiger partial charge is 0.246 e. The van der Waals surface area contributed by atoms with E-state index in [-0.39, 0.29) is 23.3 Å². The van der Waals surface area contributed by atoms with Gasteiger partial charge in [0.15, 0.2) is 0 Å². The van der Waals surface area contributed by atoms with Crippen LogP contribution in [0.25, 0.3) is 0 Å². The molecule has 2 aliphatic carbocycles. The van der Waals surface area contributed by atoms with Crippen molar-refractivity contribution in [1.29, 1.82) is 0 Å². The van der Waals surface area contributed by atoms with Crippen molar-refractivity contribution < 1.29 is 9.59 Å². The quantitative estimate of drug-likeness (QED) is 0.785. The Bertz CT molecular complexity index is 459. The van der Waals surface area contributed by atoms with E-state index in [0.29, 0.717) is 24.3 Å². The van der Waals surface area contributed by atoms with E-state index in [9.17, 15) is 9.59 Å². The fraction of sp³-hybridized carbons (Fsp3) is 0.875. The molecule has 1 N–H and O–H groups in total. The average Bonchev–Trinajstić information content (AvgIpc) is 2.72. The summed E-state index contributed by atoms with van der Waals surface area (Å²) in [5.74, 6) is 0.668. The third-order valence-electron chi connectivity index (χ3n) is 6.85. The Balaban J connectivity index is 1.74. The molecule has 0 aromatic rings. The lowest BCUT2D eigenvalue weighted by atomic mass is 9.69. The maximum atomic E-state index is 12.2. The largest absolute Gasteiger partial charge is 0.302 e. The second-order valence-corrected chi connectivity index (χ2v) is 7.71. The maximum absolute atomic E-state index is 12.2. The van der Waals surface area contributed by atoms with Gasteiger partial charge < -0.3 is 5.32 Å². The van der Waals surface area contributed by atoms with Crippen LogP contribution in [0.3, 0.4) is 0 Å². The van der Waals surface area contributed by atoms with Crippen LogP contribution < -0.4 is 5.32 Å². The Morgan fingerprint density at radius 2 is 1.90 bits per heavy atom. The lowest BCUT2D eigenvalue weighted by Crippen LogP contribution is -2.57. The van der Waals surface area contributed by atoms with Gasteiger partial charge in [-0.2, -0.15) is 0 Å². The highest BCUT2D eigenvalue weighted by molar-refractivity contribution is 6.00. The Morgan fingerprint density at radius 1 is 1.20 bits per heavy atom. The molecule has 4 unspecified atom stereocenters. The van der Waals surface area contributed by atoms with Gasteiger partial charge in [-0.25, -0.2) is 0 Å². The van der Waals surface area contributed by atoms with E-state index in [1.807, 2.05) is 0 Å². The molecule has 3 fully saturated rings. The first kappa shape index (κ1) is 14.1. The normalized spacial score (nSPS) is 43.4. The van der Waals surface area contributed by atoms with Gasteiger partial charge in [-0.05, 0) is 42.4 Å². The van der Waals surface area contributed by atoms with Crippen LogP contribution in [0.15, 0.2) is 0 Å². The Morgan fingerprint density at radius 3 is 2.45 bits per heavy atom. The lowest BCUT2D eigenvalue weighted by molar-refractivity contribution is -0.148. The molecule has 1 saturated heterocycles. The van der Waals surface area contributed by atoms with E-state index in [2.05, 4.69) is 26.1 Å². The minimum Gasteiger partial charge on any atom is -0.302 e. The van der Waals surface area contributed by atoms with Crippen LogP contribution >= 0.6 is 0 Å². The van der Waals surface area contributed by atoms with Crippen LogP contribution in [-0.2, 0) is 9.59 Å². The van der Waals surface area contributed by atoms with Crippen molar-refractivity contribution in [3.63, 3.8) is 0 Å². The van der Waals surface area contributed by atoms with Crippen LogP contribution in [-0.4, -0.2) is 35.8 Å². The first-order chi connectivity index (χ1) is 9.27. The maximum Gasteiger partial charge on any atom is 0.246 e. The fourth-order valence-electron chi connectivity index (χ4n) is 4.77. The highest BCUT2D eigenvalue weighted by Crippen LogP contribution is 2.65. The summed E-state index contributed by atoms with van der Waals surface area (Å²) in [5, 5.41) is 3.60. The summed E-state index contributed by atoms with van der Waals surface area (Å²) in [6.07, 6.45) is 4.87. The molecule has 4 heteroatoms. The molecule has 0 radical (unpaired) electrons. The topological polar surface area (TPSA) is 49.4 Å². The second-order valence-electron chi connectivity index (χ2n) is 7.71. The number of hydrogen-bond acceptors (Lipinski definition) is 3. The highest BCUT2D eigenvalue weighted by Gasteiger charge is 2.61. The van der Waals surface area contributed by atoms with Gasteiger partial charge in [-0.15, -0.1) is 0 Å². The molecule has 4 nitrogen and oxygen atoms in total. The molecule has 0 aromatic carbocycles. The Hall–Kier alpha value is -0.900. The standard InChI is InChI=1S/C16H26N2O2/c1-15(2)10-7-8-16(15,3)12(9-10)17-11-5-6-13(19)18(4)14(11)20/h10-12,17H,5-9H2,1-4H3. The van der Waals surface area contributed by atoms with E-state index in [4.69, 9.17) is 0 Å². The van der Waals surface area contributed by atoms with Crippen LogP contribution in [0.5, 0.6) is 0 Å². The monoisotopic (exact) mass is 278 g/mol. The van der Waals surface area contributed by atoms with Gasteiger partial charge in [0.2, 0.25) is 11.8 Å². The summed E-state index contributed by atoms with van der Waals surface area (Å²) in [6, 6.07) is 0.237. The van der Waals surface area contributed by atoms with Crippen molar-refractivity contribution in [3.8, 4) is 0 Å². The minimum absolute atomic E-state index is 0.0486. The number of fused-ring (bicyclic) bond motifs is 2. The molecule has 4 atom stereocenters. The lowest BCUT2D eigenvalue weighted by Gasteiger charge is -2.42. The third-order valence-corrected chi connectivity index (χ3v) is 6.85. The van der Waals surface area contributed by atoms with Gasteiger partial charge in [0.25, 0.3) is 0 Å². The molecule has 3 aliphatic rings. The molecule has 20 heavy (non-hydrogen) atoms. The molecule has 2 saturated carbocycles. The molecular weight excluding hydrogens is 252 g/mol. The highest BCUT2D eigenvalue weighted by atomic mass is 16.2. The zero-order valence-electron chi connectivity index (χ0n) is 13.0. The molecule has 1 heterocycles. The number of amides is 2. The predicted molar refractivity (Wildman–Crippen MR) is 77.0 cm³/mol. The number of hydrogen-bond donors (Lipinski definition) is 1. The number of imide groups is 1. The molecule has 112 valence electrons. The van der Waals surface area contributed by atoms with Crippen molar-refractivity contribution in [3.05, 3.63) is 0 Å². The molecule has 2 amide bonds. The van der Waals surface area contributed by atoms with Gasteiger partial charge in [0.05, 0.1) is 6.04 Å². The summed E-state index contributed by atoms with van der Waals surface area (Å²) in [5.41, 5.74) is 0.627. The first-order valence-corrected chi connectivity index (χ1v) is 7.84.